The molecule has 0 saturated carbocycles. The van der Waals surface area contributed by atoms with Crippen LogP contribution >= 0.6 is 0 Å². The highest BCUT2D eigenvalue weighted by Crippen LogP contribution is 2.35. The lowest BCUT2D eigenvalue weighted by atomic mass is 10.2. The maximum absolute atomic E-state index is 13.1. The fraction of sp³-hybridized carbons (Fsp3) is 0.0625. The molecule has 0 atom stereocenters. The van der Waals surface area contributed by atoms with Crippen LogP contribution in [0.3, 0.4) is 0 Å². The van der Waals surface area contributed by atoms with Crippen molar-refractivity contribution < 1.29 is 31.5 Å². The Bertz CT molecular complexity index is 1100. The number of benzene rings is 2. The van der Waals surface area contributed by atoms with Crippen LogP contribution in [0.5, 0.6) is 0 Å². The molecule has 26 heavy (non-hydrogen) atoms. The van der Waals surface area contributed by atoms with E-state index in [1.807, 2.05) is 0 Å². The van der Waals surface area contributed by atoms with E-state index in [-0.39, 0.29) is 16.9 Å². The van der Waals surface area contributed by atoms with Crippen molar-refractivity contribution in [2.24, 2.45) is 0 Å². The summed E-state index contributed by atoms with van der Waals surface area (Å²) in [5.41, 5.74) is -1.38. The minimum Gasteiger partial charge on any atom is -0.477 e. The minimum absolute atomic E-state index is 0.0630. The summed E-state index contributed by atoms with van der Waals surface area (Å²) < 4.78 is 66.4. The summed E-state index contributed by atoms with van der Waals surface area (Å²) in [5.74, 6) is -1.25. The topological polar surface area (TPSA) is 99.3 Å². The summed E-state index contributed by atoms with van der Waals surface area (Å²) in [6.45, 7) is 0. The molecular formula is C16H11F3N2O4S. The van der Waals surface area contributed by atoms with Gasteiger partial charge < -0.3 is 10.1 Å². The highest BCUT2D eigenvalue weighted by atomic mass is 32.2. The Morgan fingerprint density at radius 1 is 1.08 bits per heavy atom. The SMILES string of the molecule is O=C(O)c1cc2cccc(NS(=O)(=O)c3ccccc3C(F)(F)F)c2[nH]1. The normalized spacial score (nSPS) is 12.3. The van der Waals surface area contributed by atoms with Gasteiger partial charge in [0.25, 0.3) is 10.0 Å². The van der Waals surface area contributed by atoms with Crippen molar-refractivity contribution in [3.63, 3.8) is 0 Å². The minimum atomic E-state index is -4.85. The van der Waals surface area contributed by atoms with Gasteiger partial charge in [0.1, 0.15) is 5.69 Å². The number of aromatic amines is 1. The Morgan fingerprint density at radius 3 is 2.42 bits per heavy atom. The van der Waals surface area contributed by atoms with Gasteiger partial charge in [-0.15, -0.1) is 0 Å². The molecule has 0 aliphatic rings. The van der Waals surface area contributed by atoms with Gasteiger partial charge in [-0.05, 0) is 24.3 Å². The molecule has 3 N–H and O–H groups in total. The first-order chi connectivity index (χ1) is 12.1. The molecule has 0 spiro atoms. The molecule has 0 unspecified atom stereocenters. The number of hydrogen-bond acceptors (Lipinski definition) is 3. The molecule has 0 amide bonds. The van der Waals surface area contributed by atoms with Gasteiger partial charge in [-0.3, -0.25) is 4.72 Å². The van der Waals surface area contributed by atoms with Gasteiger partial charge in [-0.25, -0.2) is 13.2 Å². The first-order valence-corrected chi connectivity index (χ1v) is 8.62. The van der Waals surface area contributed by atoms with Crippen LogP contribution in [0.1, 0.15) is 16.1 Å². The number of carboxylic acids is 1. The number of fused-ring (bicyclic) bond motifs is 1. The molecule has 2 aromatic carbocycles. The molecule has 0 aliphatic carbocycles. The molecule has 0 aliphatic heterocycles. The molecule has 0 bridgehead atoms. The highest BCUT2D eigenvalue weighted by Gasteiger charge is 2.37. The van der Waals surface area contributed by atoms with Gasteiger partial charge >= 0.3 is 12.1 Å². The number of halogens is 3. The molecule has 0 fully saturated rings. The predicted octanol–water partition coefficient (Wildman–Crippen LogP) is 3.69. The lowest BCUT2D eigenvalue weighted by Gasteiger charge is -2.14. The van der Waals surface area contributed by atoms with Gasteiger partial charge in [-0.2, -0.15) is 13.2 Å². The molecular weight excluding hydrogens is 373 g/mol. The van der Waals surface area contributed by atoms with E-state index >= 15 is 0 Å². The lowest BCUT2D eigenvalue weighted by Crippen LogP contribution is -2.19. The van der Waals surface area contributed by atoms with Crippen LogP contribution in [0.4, 0.5) is 18.9 Å². The summed E-state index contributed by atoms with van der Waals surface area (Å²) in [4.78, 5) is 12.7. The molecule has 0 radical (unpaired) electrons. The number of hydrogen-bond donors (Lipinski definition) is 3. The summed E-state index contributed by atoms with van der Waals surface area (Å²) in [5, 5.41) is 9.41. The van der Waals surface area contributed by atoms with Gasteiger partial charge in [0, 0.05) is 5.39 Å². The van der Waals surface area contributed by atoms with Crippen molar-refractivity contribution in [3.8, 4) is 0 Å². The van der Waals surface area contributed by atoms with Crippen LogP contribution in [0.15, 0.2) is 53.4 Å². The van der Waals surface area contributed by atoms with Crippen molar-refractivity contribution in [2.45, 2.75) is 11.1 Å². The van der Waals surface area contributed by atoms with Crippen LogP contribution in [0.25, 0.3) is 10.9 Å². The van der Waals surface area contributed by atoms with Crippen LogP contribution in [-0.2, 0) is 16.2 Å². The van der Waals surface area contributed by atoms with Gasteiger partial charge in [-0.1, -0.05) is 24.3 Å². The number of H-pyrrole nitrogens is 1. The Hall–Kier alpha value is -3.01. The Morgan fingerprint density at radius 2 is 1.77 bits per heavy atom. The number of rotatable bonds is 4. The van der Waals surface area contributed by atoms with Crippen molar-refractivity contribution >= 4 is 32.6 Å². The van der Waals surface area contributed by atoms with Gasteiger partial charge in [0.05, 0.1) is 21.7 Å². The van der Waals surface area contributed by atoms with Crippen LogP contribution in [0, 0.1) is 0 Å². The first-order valence-electron chi connectivity index (χ1n) is 7.13. The zero-order valence-corrected chi connectivity index (χ0v) is 13.6. The molecule has 10 heteroatoms. The van der Waals surface area contributed by atoms with Crippen molar-refractivity contribution in [1.82, 2.24) is 4.98 Å². The van der Waals surface area contributed by atoms with E-state index in [1.54, 1.807) is 6.07 Å². The summed E-state index contributed by atoms with van der Waals surface area (Å²) in [6.07, 6.45) is -4.85. The molecule has 0 saturated heterocycles. The molecule has 3 rings (SSSR count). The zero-order chi connectivity index (χ0) is 19.1. The van der Waals surface area contributed by atoms with Crippen LogP contribution in [-0.4, -0.2) is 24.5 Å². The van der Waals surface area contributed by atoms with E-state index in [0.717, 1.165) is 12.1 Å². The third-order valence-electron chi connectivity index (χ3n) is 3.61. The highest BCUT2D eigenvalue weighted by molar-refractivity contribution is 7.92. The second-order valence-electron chi connectivity index (χ2n) is 5.36. The van der Waals surface area contributed by atoms with E-state index in [0.29, 0.717) is 11.5 Å². The Labute approximate surface area is 145 Å². The number of carboxylic acid groups (broad SMARTS) is 1. The van der Waals surface area contributed by atoms with Crippen LogP contribution in [0.2, 0.25) is 0 Å². The van der Waals surface area contributed by atoms with Crippen LogP contribution < -0.4 is 4.72 Å². The number of aromatic nitrogens is 1. The van der Waals surface area contributed by atoms with Gasteiger partial charge in [0.15, 0.2) is 0 Å². The largest absolute Gasteiger partial charge is 0.477 e. The number of anilines is 1. The standard InChI is InChI=1S/C16H11F3N2O4S/c17-16(18,19)10-5-1-2-7-13(10)26(24,25)21-11-6-3-4-9-8-12(15(22)23)20-14(9)11/h1-8,20-21H,(H,22,23). The van der Waals surface area contributed by atoms with E-state index in [4.69, 9.17) is 5.11 Å². The summed E-state index contributed by atoms with van der Waals surface area (Å²) in [6, 6.07) is 9.40. The van der Waals surface area contributed by atoms with Crippen molar-refractivity contribution in [2.75, 3.05) is 4.72 Å². The fourth-order valence-corrected chi connectivity index (χ4v) is 3.79. The zero-order valence-electron chi connectivity index (χ0n) is 12.8. The third kappa shape index (κ3) is 3.23. The summed E-state index contributed by atoms with van der Waals surface area (Å²) >= 11 is 0. The fourth-order valence-electron chi connectivity index (χ4n) is 2.49. The number of nitrogens with one attached hydrogen (secondary N) is 2. The maximum atomic E-state index is 13.1. The van der Waals surface area contributed by atoms with Gasteiger partial charge in [0.2, 0.25) is 0 Å². The van der Waals surface area contributed by atoms with E-state index in [2.05, 4.69) is 9.71 Å². The third-order valence-corrected chi connectivity index (χ3v) is 5.04. The first kappa shape index (κ1) is 17.8. The van der Waals surface area contributed by atoms with E-state index in [9.17, 15) is 26.4 Å². The molecule has 1 aromatic heterocycles. The Kier molecular flexibility index (Phi) is 4.15. The molecule has 3 aromatic rings. The molecule has 136 valence electrons. The number of para-hydroxylation sites is 1. The average Bonchev–Trinajstić information content (AvgIpc) is 2.99. The van der Waals surface area contributed by atoms with Crippen molar-refractivity contribution in [3.05, 3.63) is 59.8 Å². The van der Waals surface area contributed by atoms with E-state index < -0.39 is 32.6 Å². The average molecular weight is 384 g/mol. The number of sulfonamides is 1. The summed E-state index contributed by atoms with van der Waals surface area (Å²) in [7, 11) is -4.57. The monoisotopic (exact) mass is 384 g/mol. The number of aromatic carboxylic acids is 1. The maximum Gasteiger partial charge on any atom is 0.417 e. The second kappa shape index (κ2) is 6.06. The number of alkyl halides is 3. The van der Waals surface area contributed by atoms with Crippen molar-refractivity contribution in [1.29, 1.82) is 0 Å². The quantitative estimate of drug-likeness (QED) is 0.639. The Balaban J connectivity index is 2.10. The number of carbonyl (C=O) groups is 1. The molecule has 1 heterocycles. The lowest BCUT2D eigenvalue weighted by molar-refractivity contribution is -0.139. The molecule has 6 nitrogen and oxygen atoms in total. The smallest absolute Gasteiger partial charge is 0.417 e. The van der Waals surface area contributed by atoms with E-state index in [1.165, 1.54) is 24.3 Å². The second-order valence-corrected chi connectivity index (χ2v) is 7.01. The predicted molar refractivity (Wildman–Crippen MR) is 87.5 cm³/mol.